The first-order chi connectivity index (χ1) is 5.07. The maximum absolute atomic E-state index is 10.1. The van der Waals surface area contributed by atoms with E-state index >= 15 is 0 Å². The summed E-state index contributed by atoms with van der Waals surface area (Å²) >= 11 is 3.78. The van der Waals surface area contributed by atoms with Crippen molar-refractivity contribution in [3.05, 3.63) is 10.4 Å². The maximum atomic E-state index is 10.1. The van der Waals surface area contributed by atoms with Crippen LogP contribution in [0.15, 0.2) is 5.11 Å². The first-order valence-corrected chi connectivity index (χ1v) is 3.30. The summed E-state index contributed by atoms with van der Waals surface area (Å²) in [5.74, 6) is -1.13. The van der Waals surface area contributed by atoms with E-state index in [1.54, 1.807) is 0 Å². The van der Waals surface area contributed by atoms with E-state index in [2.05, 4.69) is 22.7 Å². The van der Waals surface area contributed by atoms with Crippen molar-refractivity contribution >= 4 is 18.6 Å². The van der Waals surface area contributed by atoms with Crippen molar-refractivity contribution in [2.75, 3.05) is 0 Å². The number of nitrogens with zero attached hydrogens (tertiary/aromatic N) is 3. The van der Waals surface area contributed by atoms with Crippen LogP contribution < -0.4 is 5.73 Å². The van der Waals surface area contributed by atoms with Crippen molar-refractivity contribution in [2.24, 2.45) is 10.8 Å². The third kappa shape index (κ3) is 4.49. The summed E-state index contributed by atoms with van der Waals surface area (Å²) in [6, 6.07) is -1.03. The molecule has 0 aliphatic rings. The van der Waals surface area contributed by atoms with Gasteiger partial charge in [0.05, 0.1) is 5.37 Å². The molecule has 0 rings (SSSR count). The summed E-state index contributed by atoms with van der Waals surface area (Å²) in [5, 5.41) is 10.8. The van der Waals surface area contributed by atoms with Gasteiger partial charge in [-0.05, 0) is 12.0 Å². The summed E-state index contributed by atoms with van der Waals surface area (Å²) in [6.07, 6.45) is 0.0303. The molecule has 0 aromatic heterocycles. The second-order valence-corrected chi connectivity index (χ2v) is 2.46. The maximum Gasteiger partial charge on any atom is 0.320 e. The fourth-order valence-corrected chi connectivity index (χ4v) is 0.708. The zero-order valence-corrected chi connectivity index (χ0v) is 6.48. The molecule has 0 saturated carbocycles. The van der Waals surface area contributed by atoms with Gasteiger partial charge in [-0.25, -0.2) is 0 Å². The van der Waals surface area contributed by atoms with Gasteiger partial charge >= 0.3 is 5.97 Å². The Morgan fingerprint density at radius 3 is 2.82 bits per heavy atom. The molecule has 2 atom stereocenters. The summed E-state index contributed by atoms with van der Waals surface area (Å²) in [5.41, 5.74) is 13.0. The fraction of sp³-hybridized carbons (Fsp3) is 0.750. The van der Waals surface area contributed by atoms with E-state index in [0.29, 0.717) is 0 Å². The standard InChI is InChI=1S/C4H8N4O2S/c5-2(4(9)10)1-3(11)7-8-6/h2-3,11H,1,5H2,(H,9,10). The van der Waals surface area contributed by atoms with Gasteiger partial charge in [-0.1, -0.05) is 5.11 Å². The largest absolute Gasteiger partial charge is 0.480 e. The van der Waals surface area contributed by atoms with Gasteiger partial charge in [0.25, 0.3) is 0 Å². The minimum atomic E-state index is -1.13. The molecule has 0 bridgehead atoms. The molecule has 0 aliphatic heterocycles. The predicted molar refractivity (Wildman–Crippen MR) is 42.1 cm³/mol. The Morgan fingerprint density at radius 1 is 1.91 bits per heavy atom. The highest BCUT2D eigenvalue weighted by molar-refractivity contribution is 7.80. The van der Waals surface area contributed by atoms with E-state index in [4.69, 9.17) is 16.4 Å². The Morgan fingerprint density at radius 2 is 2.45 bits per heavy atom. The highest BCUT2D eigenvalue weighted by Crippen LogP contribution is 2.05. The number of carboxylic acid groups (broad SMARTS) is 1. The average molecular weight is 176 g/mol. The van der Waals surface area contributed by atoms with Crippen LogP contribution >= 0.6 is 12.6 Å². The van der Waals surface area contributed by atoms with Crippen LogP contribution in [0.4, 0.5) is 0 Å². The molecular weight excluding hydrogens is 168 g/mol. The number of rotatable bonds is 4. The highest BCUT2D eigenvalue weighted by Gasteiger charge is 2.14. The van der Waals surface area contributed by atoms with Crippen LogP contribution in [0, 0.1) is 0 Å². The molecule has 0 aromatic rings. The zero-order chi connectivity index (χ0) is 8.85. The number of hydrogen-bond donors (Lipinski definition) is 3. The van der Waals surface area contributed by atoms with E-state index in [0.717, 1.165) is 0 Å². The van der Waals surface area contributed by atoms with Gasteiger partial charge in [0.15, 0.2) is 0 Å². The average Bonchev–Trinajstić information content (AvgIpc) is 1.87. The number of azide groups is 1. The third-order valence-electron chi connectivity index (χ3n) is 0.967. The van der Waals surface area contributed by atoms with E-state index in [1.807, 2.05) is 0 Å². The third-order valence-corrected chi connectivity index (χ3v) is 1.28. The Labute approximate surface area is 68.4 Å². The summed E-state index contributed by atoms with van der Waals surface area (Å²) in [6.45, 7) is 0. The number of nitrogens with two attached hydrogens (primary N) is 1. The molecule has 0 aliphatic carbocycles. The molecular formula is C4H8N4O2S. The second-order valence-electron chi connectivity index (χ2n) is 1.87. The lowest BCUT2D eigenvalue weighted by atomic mass is 10.2. The summed E-state index contributed by atoms with van der Waals surface area (Å²) in [7, 11) is 0. The molecule has 0 amide bonds. The molecule has 11 heavy (non-hydrogen) atoms. The van der Waals surface area contributed by atoms with Gasteiger partial charge in [-0.2, -0.15) is 12.6 Å². The molecule has 2 unspecified atom stereocenters. The Balaban J connectivity index is 3.84. The van der Waals surface area contributed by atoms with Crippen molar-refractivity contribution in [1.29, 1.82) is 0 Å². The van der Waals surface area contributed by atoms with Gasteiger partial charge in [0, 0.05) is 4.91 Å². The van der Waals surface area contributed by atoms with Crippen LogP contribution in [0.1, 0.15) is 6.42 Å². The van der Waals surface area contributed by atoms with Gasteiger partial charge < -0.3 is 10.8 Å². The quantitative estimate of drug-likeness (QED) is 0.248. The Hall–Kier alpha value is -0.910. The van der Waals surface area contributed by atoms with Crippen LogP contribution in [0.5, 0.6) is 0 Å². The van der Waals surface area contributed by atoms with Gasteiger partial charge in [0.1, 0.15) is 6.04 Å². The topological polar surface area (TPSA) is 112 Å². The fourth-order valence-electron chi connectivity index (χ4n) is 0.435. The summed E-state index contributed by atoms with van der Waals surface area (Å²) < 4.78 is 0. The van der Waals surface area contributed by atoms with E-state index in [9.17, 15) is 4.79 Å². The lowest BCUT2D eigenvalue weighted by Crippen LogP contribution is -2.32. The molecule has 0 radical (unpaired) electrons. The second kappa shape index (κ2) is 4.84. The Bertz CT molecular complexity index is 185. The number of carbonyl (C=O) groups is 1. The molecule has 0 heterocycles. The summed E-state index contributed by atoms with van der Waals surface area (Å²) in [4.78, 5) is 12.6. The van der Waals surface area contributed by atoms with E-state index in [-0.39, 0.29) is 6.42 Å². The molecule has 7 heteroatoms. The van der Waals surface area contributed by atoms with Gasteiger partial charge in [-0.15, -0.1) is 0 Å². The number of carboxylic acids is 1. The lowest BCUT2D eigenvalue weighted by molar-refractivity contribution is -0.138. The number of aliphatic carboxylic acids is 1. The van der Waals surface area contributed by atoms with Crippen LogP contribution in [0.2, 0.25) is 0 Å². The van der Waals surface area contributed by atoms with Crippen molar-refractivity contribution < 1.29 is 9.90 Å². The first kappa shape index (κ1) is 10.1. The minimum Gasteiger partial charge on any atom is -0.480 e. The molecule has 0 spiro atoms. The van der Waals surface area contributed by atoms with Crippen molar-refractivity contribution in [3.63, 3.8) is 0 Å². The minimum absolute atomic E-state index is 0.0303. The normalized spacial score (nSPS) is 14.7. The molecule has 0 fully saturated rings. The predicted octanol–water partition coefficient (Wildman–Crippen LogP) is 0.355. The lowest BCUT2D eigenvalue weighted by Gasteiger charge is -2.06. The molecule has 62 valence electrons. The van der Waals surface area contributed by atoms with Gasteiger partial charge in [-0.3, -0.25) is 4.79 Å². The SMILES string of the molecule is [N-]=[N+]=NC(S)CC(N)C(=O)O. The van der Waals surface area contributed by atoms with E-state index in [1.165, 1.54) is 0 Å². The smallest absolute Gasteiger partial charge is 0.320 e. The zero-order valence-electron chi connectivity index (χ0n) is 5.58. The molecule has 3 N–H and O–H groups in total. The first-order valence-electron chi connectivity index (χ1n) is 2.78. The van der Waals surface area contributed by atoms with Crippen molar-refractivity contribution in [1.82, 2.24) is 0 Å². The van der Waals surface area contributed by atoms with Crippen LogP contribution in [-0.2, 0) is 4.79 Å². The number of thiol groups is 1. The van der Waals surface area contributed by atoms with Gasteiger partial charge in [0.2, 0.25) is 0 Å². The Kier molecular flexibility index (Phi) is 4.44. The molecule has 0 aromatic carbocycles. The monoisotopic (exact) mass is 176 g/mol. The van der Waals surface area contributed by atoms with Crippen molar-refractivity contribution in [2.45, 2.75) is 17.8 Å². The van der Waals surface area contributed by atoms with Crippen LogP contribution in [0.25, 0.3) is 10.4 Å². The van der Waals surface area contributed by atoms with Crippen molar-refractivity contribution in [3.8, 4) is 0 Å². The molecule has 0 saturated heterocycles. The molecule has 6 nitrogen and oxygen atoms in total. The van der Waals surface area contributed by atoms with Crippen LogP contribution in [0.3, 0.4) is 0 Å². The van der Waals surface area contributed by atoms with E-state index < -0.39 is 17.4 Å². The number of hydrogen-bond acceptors (Lipinski definition) is 4. The van der Waals surface area contributed by atoms with Crippen LogP contribution in [-0.4, -0.2) is 22.5 Å². The highest BCUT2D eigenvalue weighted by atomic mass is 32.1.